The van der Waals surface area contributed by atoms with Crippen LogP contribution in [0.3, 0.4) is 0 Å². The molecule has 4 rings (SSSR count). The lowest BCUT2D eigenvalue weighted by Crippen LogP contribution is -2.27. The Bertz CT molecular complexity index is 1050. The second-order valence-electron chi connectivity index (χ2n) is 5.78. The Kier molecular flexibility index (Phi) is 4.14. The number of benzene rings is 3. The molecule has 0 radical (unpaired) electrons. The van der Waals surface area contributed by atoms with Crippen LogP contribution in [0.25, 0.3) is 10.8 Å². The fraction of sp³-hybridized carbons (Fsp3) is 0.0500. The van der Waals surface area contributed by atoms with Gasteiger partial charge in [-0.3, -0.25) is 9.59 Å². The highest BCUT2D eigenvalue weighted by Crippen LogP contribution is 2.30. The topological polar surface area (TPSA) is 67.8 Å². The van der Waals surface area contributed by atoms with E-state index in [2.05, 4.69) is 10.5 Å². The molecule has 0 unspecified atom stereocenters. The number of rotatable bonds is 4. The number of amides is 1. The van der Waals surface area contributed by atoms with Crippen molar-refractivity contribution in [3.63, 3.8) is 0 Å². The zero-order valence-electron chi connectivity index (χ0n) is 13.5. The van der Waals surface area contributed by atoms with Gasteiger partial charge in [0.05, 0.1) is 0 Å². The number of halogens is 1. The Morgan fingerprint density at radius 3 is 2.42 bits per heavy atom. The SMILES string of the molecule is O=C(COc1ccc(Cl)cc1)N/N=C1/C(=O)c2cccc3cccc1c23. The molecule has 1 N–H and O–H groups in total. The van der Waals surface area contributed by atoms with E-state index in [1.807, 2.05) is 30.3 Å². The zero-order chi connectivity index (χ0) is 18.1. The van der Waals surface area contributed by atoms with Crippen molar-refractivity contribution in [3.05, 3.63) is 76.8 Å². The smallest absolute Gasteiger partial charge is 0.277 e. The molecule has 1 aliphatic rings. The van der Waals surface area contributed by atoms with E-state index >= 15 is 0 Å². The third kappa shape index (κ3) is 2.93. The Morgan fingerprint density at radius 1 is 1.00 bits per heavy atom. The summed E-state index contributed by atoms with van der Waals surface area (Å²) in [5, 5.41) is 6.46. The van der Waals surface area contributed by atoms with Crippen LogP contribution in [0.1, 0.15) is 15.9 Å². The summed E-state index contributed by atoms with van der Waals surface area (Å²) in [7, 11) is 0. The number of ether oxygens (including phenoxy) is 1. The number of hydrogen-bond donors (Lipinski definition) is 1. The normalized spacial score (nSPS) is 14.0. The molecule has 0 aromatic heterocycles. The molecular weight excluding hydrogens is 352 g/mol. The molecule has 128 valence electrons. The maximum absolute atomic E-state index is 12.6. The van der Waals surface area contributed by atoms with Crippen LogP contribution in [0.4, 0.5) is 0 Å². The van der Waals surface area contributed by atoms with Crippen LogP contribution in [-0.2, 0) is 4.79 Å². The number of ketones is 1. The van der Waals surface area contributed by atoms with Gasteiger partial charge in [-0.05, 0) is 29.7 Å². The lowest BCUT2D eigenvalue weighted by atomic mass is 10.1. The minimum Gasteiger partial charge on any atom is -0.484 e. The van der Waals surface area contributed by atoms with E-state index in [-0.39, 0.29) is 18.1 Å². The summed E-state index contributed by atoms with van der Waals surface area (Å²) < 4.78 is 5.36. The van der Waals surface area contributed by atoms with E-state index in [9.17, 15) is 9.59 Å². The van der Waals surface area contributed by atoms with Crippen molar-refractivity contribution in [2.45, 2.75) is 0 Å². The third-order valence-electron chi connectivity index (χ3n) is 4.10. The fourth-order valence-corrected chi connectivity index (χ4v) is 3.04. The molecular formula is C20H13ClN2O3. The minimum absolute atomic E-state index is 0.198. The lowest BCUT2D eigenvalue weighted by molar-refractivity contribution is -0.123. The van der Waals surface area contributed by atoms with E-state index < -0.39 is 5.91 Å². The Hall–Kier alpha value is -3.18. The van der Waals surface area contributed by atoms with E-state index in [1.54, 1.807) is 30.3 Å². The van der Waals surface area contributed by atoms with Crippen LogP contribution < -0.4 is 10.2 Å². The largest absolute Gasteiger partial charge is 0.484 e. The lowest BCUT2D eigenvalue weighted by Gasteiger charge is -2.05. The Labute approximate surface area is 154 Å². The first kappa shape index (κ1) is 16.3. The van der Waals surface area contributed by atoms with E-state index in [1.165, 1.54) is 0 Å². The maximum Gasteiger partial charge on any atom is 0.277 e. The van der Waals surface area contributed by atoms with Crippen LogP contribution in [0.15, 0.2) is 65.8 Å². The average molecular weight is 365 g/mol. The number of nitrogens with zero attached hydrogens (tertiary/aromatic N) is 1. The van der Waals surface area contributed by atoms with Gasteiger partial charge in [-0.15, -0.1) is 0 Å². The predicted molar refractivity (Wildman–Crippen MR) is 99.9 cm³/mol. The zero-order valence-corrected chi connectivity index (χ0v) is 14.3. The van der Waals surface area contributed by atoms with E-state index in [4.69, 9.17) is 16.3 Å². The molecule has 0 saturated heterocycles. The molecule has 0 saturated carbocycles. The number of Topliss-reactive ketones (excluding diaryl/α,β-unsaturated/α-hetero) is 1. The van der Waals surface area contributed by atoms with Gasteiger partial charge in [-0.1, -0.05) is 48.0 Å². The summed E-state index contributed by atoms with van der Waals surface area (Å²) in [6.07, 6.45) is 0. The van der Waals surface area contributed by atoms with Crippen molar-refractivity contribution in [1.82, 2.24) is 5.43 Å². The van der Waals surface area contributed by atoms with Gasteiger partial charge in [0.2, 0.25) is 5.78 Å². The fourth-order valence-electron chi connectivity index (χ4n) is 2.92. The average Bonchev–Trinajstić information content (AvgIpc) is 2.93. The first-order valence-electron chi connectivity index (χ1n) is 7.95. The van der Waals surface area contributed by atoms with Crippen LogP contribution in [0.5, 0.6) is 5.75 Å². The van der Waals surface area contributed by atoms with Crippen molar-refractivity contribution in [3.8, 4) is 5.75 Å². The molecule has 0 aliphatic heterocycles. The number of carbonyl (C=O) groups excluding carboxylic acids is 2. The highest BCUT2D eigenvalue weighted by molar-refractivity contribution is 6.59. The number of hydrogen-bond acceptors (Lipinski definition) is 4. The molecule has 26 heavy (non-hydrogen) atoms. The summed E-state index contributed by atoms with van der Waals surface area (Å²) in [5.41, 5.74) is 3.95. The van der Waals surface area contributed by atoms with Gasteiger partial charge >= 0.3 is 0 Å². The summed E-state index contributed by atoms with van der Waals surface area (Å²) in [4.78, 5) is 24.6. The predicted octanol–water partition coefficient (Wildman–Crippen LogP) is 3.59. The van der Waals surface area contributed by atoms with Crippen LogP contribution >= 0.6 is 11.6 Å². The molecule has 0 heterocycles. The third-order valence-corrected chi connectivity index (χ3v) is 4.35. The second-order valence-corrected chi connectivity index (χ2v) is 6.21. The Morgan fingerprint density at radius 2 is 1.69 bits per heavy atom. The standard InChI is InChI=1S/C20H13ClN2O3/c21-13-7-9-14(10-8-13)26-11-17(24)22-23-19-15-5-1-3-12-4-2-6-16(18(12)15)20(19)25/h1-10H,11H2,(H,22,24)/b23-19+. The molecule has 1 aliphatic carbocycles. The molecule has 5 nitrogen and oxygen atoms in total. The van der Waals surface area contributed by atoms with Gasteiger partial charge < -0.3 is 4.74 Å². The molecule has 0 atom stereocenters. The molecule has 6 heteroatoms. The van der Waals surface area contributed by atoms with Crippen LogP contribution in [-0.4, -0.2) is 24.0 Å². The van der Waals surface area contributed by atoms with Gasteiger partial charge in [0.1, 0.15) is 11.5 Å². The van der Waals surface area contributed by atoms with E-state index in [0.29, 0.717) is 16.3 Å². The minimum atomic E-state index is -0.455. The molecule has 3 aromatic carbocycles. The maximum atomic E-state index is 12.6. The molecule has 3 aromatic rings. The summed E-state index contributed by atoms with van der Waals surface area (Å²) in [5.74, 6) is -0.134. The highest BCUT2D eigenvalue weighted by atomic mass is 35.5. The second kappa shape index (κ2) is 6.61. The molecule has 0 bridgehead atoms. The van der Waals surface area contributed by atoms with Crippen molar-refractivity contribution in [2.75, 3.05) is 6.61 Å². The van der Waals surface area contributed by atoms with Crippen LogP contribution in [0, 0.1) is 0 Å². The summed E-state index contributed by atoms with van der Waals surface area (Å²) in [6, 6.07) is 17.8. The molecule has 0 spiro atoms. The van der Waals surface area contributed by atoms with Crippen molar-refractivity contribution < 1.29 is 14.3 Å². The van der Waals surface area contributed by atoms with E-state index in [0.717, 1.165) is 16.3 Å². The monoisotopic (exact) mass is 364 g/mol. The van der Waals surface area contributed by atoms with Gasteiger partial charge in [0, 0.05) is 21.5 Å². The van der Waals surface area contributed by atoms with Gasteiger partial charge in [-0.2, -0.15) is 5.10 Å². The van der Waals surface area contributed by atoms with Crippen molar-refractivity contribution >= 4 is 39.8 Å². The van der Waals surface area contributed by atoms with Gasteiger partial charge in [0.15, 0.2) is 6.61 Å². The summed E-state index contributed by atoms with van der Waals surface area (Å²) in [6.45, 7) is -0.219. The number of carbonyl (C=O) groups is 2. The quantitative estimate of drug-likeness (QED) is 0.719. The first-order chi connectivity index (χ1) is 12.6. The number of nitrogens with one attached hydrogen (secondary N) is 1. The Balaban J connectivity index is 1.49. The highest BCUT2D eigenvalue weighted by Gasteiger charge is 2.28. The van der Waals surface area contributed by atoms with Crippen LogP contribution in [0.2, 0.25) is 5.02 Å². The molecule has 0 fully saturated rings. The van der Waals surface area contributed by atoms with Gasteiger partial charge in [-0.25, -0.2) is 5.43 Å². The number of hydrazone groups is 1. The van der Waals surface area contributed by atoms with Gasteiger partial charge in [0.25, 0.3) is 5.91 Å². The first-order valence-corrected chi connectivity index (χ1v) is 8.33. The van der Waals surface area contributed by atoms with Crippen molar-refractivity contribution in [1.29, 1.82) is 0 Å². The molecule has 1 amide bonds. The van der Waals surface area contributed by atoms with Crippen molar-refractivity contribution in [2.24, 2.45) is 5.10 Å². The summed E-state index contributed by atoms with van der Waals surface area (Å²) >= 11 is 5.80.